The highest BCUT2D eigenvalue weighted by Crippen LogP contribution is 2.23. The number of piperidine rings is 1. The molecule has 1 fully saturated rings. The first-order valence-electron chi connectivity index (χ1n) is 13.7. The predicted molar refractivity (Wildman–Crippen MR) is 171 cm³/mol. The number of aryl methyl sites for hydroxylation is 2. The van der Waals surface area contributed by atoms with Crippen molar-refractivity contribution in [2.24, 2.45) is 5.73 Å². The zero-order valence-corrected chi connectivity index (χ0v) is 25.3. The fraction of sp³-hybridized carbons (Fsp3) is 0.267. The summed E-state index contributed by atoms with van der Waals surface area (Å²) in [5.41, 5.74) is 12.6. The van der Waals surface area contributed by atoms with E-state index in [9.17, 15) is 9.59 Å². The summed E-state index contributed by atoms with van der Waals surface area (Å²) in [7, 11) is 0. The van der Waals surface area contributed by atoms with Gasteiger partial charge in [-0.2, -0.15) is 0 Å². The number of aromatic amines is 1. The largest absolute Gasteiger partial charge is 0.427 e. The Morgan fingerprint density at radius 2 is 1.98 bits per heavy atom. The van der Waals surface area contributed by atoms with Gasteiger partial charge in [0.25, 0.3) is 0 Å². The van der Waals surface area contributed by atoms with Gasteiger partial charge < -0.3 is 26.1 Å². The van der Waals surface area contributed by atoms with Crippen molar-refractivity contribution in [1.82, 2.24) is 25.7 Å². The van der Waals surface area contributed by atoms with Gasteiger partial charge in [-0.25, -0.2) is 19.6 Å². The van der Waals surface area contributed by atoms with Crippen LogP contribution in [0.1, 0.15) is 36.2 Å². The van der Waals surface area contributed by atoms with Gasteiger partial charge in [0.05, 0.1) is 11.0 Å². The zero-order valence-electron chi connectivity index (χ0n) is 23.1. The molecule has 4 aromatic rings. The van der Waals surface area contributed by atoms with Crippen LogP contribution in [0, 0.1) is 15.9 Å². The van der Waals surface area contributed by atoms with Crippen molar-refractivity contribution in [2.75, 3.05) is 11.9 Å². The van der Waals surface area contributed by atoms with Gasteiger partial charge in [-0.1, -0.05) is 30.3 Å². The molecule has 5 rings (SSSR count). The Balaban J connectivity index is 1.23. The highest BCUT2D eigenvalue weighted by atomic mass is 127. The number of hydrogen-bond donors (Lipinski definition) is 6. The van der Waals surface area contributed by atoms with Gasteiger partial charge in [-0.15, -0.1) is 0 Å². The number of carbonyl (C=O) groups excluding carboxylic acids is 2. The minimum absolute atomic E-state index is 0.0296. The number of benzene rings is 3. The molecule has 0 aliphatic carbocycles. The number of carbonyl (C=O) groups is 2. The van der Waals surface area contributed by atoms with E-state index in [1.165, 1.54) is 0 Å². The van der Waals surface area contributed by atoms with Gasteiger partial charge in [0.15, 0.2) is 0 Å². The third-order valence-corrected chi connectivity index (χ3v) is 7.85. The molecule has 1 aliphatic heterocycles. The fourth-order valence-corrected chi connectivity index (χ4v) is 5.68. The monoisotopic (exact) mass is 680 g/mol. The van der Waals surface area contributed by atoms with E-state index < -0.39 is 6.09 Å². The molecule has 3 aromatic carbocycles. The van der Waals surface area contributed by atoms with E-state index >= 15 is 0 Å². The molecule has 0 saturated carbocycles. The summed E-state index contributed by atoms with van der Waals surface area (Å²) >= 11 is 2.21. The topological polar surface area (TPSA) is 161 Å². The normalized spacial score (nSPS) is 17.0. The van der Waals surface area contributed by atoms with Gasteiger partial charge in [-0.3, -0.25) is 10.8 Å². The Labute approximate surface area is 257 Å². The first kappa shape index (κ1) is 29.3. The SMILES string of the molecule is Cc1nc2ccc(OC(=O)NN3CCC(NC(=O)Nc4cccc(I)c4)CC3CCc3ccc(C(=N)N)cc3)cc2[nH]1. The van der Waals surface area contributed by atoms with Gasteiger partial charge in [-0.05, 0) is 91.1 Å². The van der Waals surface area contributed by atoms with E-state index in [1.54, 1.807) is 18.2 Å². The van der Waals surface area contributed by atoms with E-state index in [-0.39, 0.29) is 24.0 Å². The minimum Gasteiger partial charge on any atom is -0.409 e. The Kier molecular flexibility index (Phi) is 9.22. The van der Waals surface area contributed by atoms with Crippen molar-refractivity contribution in [1.29, 1.82) is 5.41 Å². The number of amides is 3. The molecule has 11 nitrogen and oxygen atoms in total. The van der Waals surface area contributed by atoms with Crippen LogP contribution in [0.4, 0.5) is 15.3 Å². The fourth-order valence-electron chi connectivity index (χ4n) is 5.13. The molecular weight excluding hydrogens is 647 g/mol. The molecule has 2 unspecified atom stereocenters. The summed E-state index contributed by atoms with van der Waals surface area (Å²) in [6, 6.07) is 20.1. The van der Waals surface area contributed by atoms with Crippen LogP contribution in [0.25, 0.3) is 11.0 Å². The number of hydrogen-bond acceptors (Lipinski definition) is 6. The molecule has 218 valence electrons. The molecule has 3 amide bonds. The van der Waals surface area contributed by atoms with E-state index in [1.807, 2.05) is 60.5 Å². The summed E-state index contributed by atoms with van der Waals surface area (Å²) in [5, 5.41) is 15.5. The van der Waals surface area contributed by atoms with Crippen LogP contribution < -0.4 is 26.5 Å². The number of H-pyrrole nitrogens is 1. The highest BCUT2D eigenvalue weighted by Gasteiger charge is 2.31. The first-order valence-corrected chi connectivity index (χ1v) is 14.8. The van der Waals surface area contributed by atoms with Crippen molar-refractivity contribution in [3.8, 4) is 5.75 Å². The van der Waals surface area contributed by atoms with Crippen LogP contribution in [-0.2, 0) is 6.42 Å². The number of amidine groups is 1. The lowest BCUT2D eigenvalue weighted by Crippen LogP contribution is -2.57. The van der Waals surface area contributed by atoms with Crippen LogP contribution in [0.3, 0.4) is 0 Å². The van der Waals surface area contributed by atoms with Crippen LogP contribution in [-0.4, -0.2) is 51.6 Å². The van der Waals surface area contributed by atoms with Crippen molar-refractivity contribution in [3.63, 3.8) is 0 Å². The van der Waals surface area contributed by atoms with Crippen molar-refractivity contribution in [3.05, 3.63) is 87.3 Å². The molecule has 1 saturated heterocycles. The molecule has 42 heavy (non-hydrogen) atoms. The van der Waals surface area contributed by atoms with Gasteiger partial charge >= 0.3 is 12.1 Å². The maximum atomic E-state index is 12.9. The number of ether oxygens (including phenoxy) is 1. The minimum atomic E-state index is -0.579. The third-order valence-electron chi connectivity index (χ3n) is 7.18. The van der Waals surface area contributed by atoms with Crippen LogP contribution in [0.15, 0.2) is 66.7 Å². The number of anilines is 1. The Morgan fingerprint density at radius 1 is 1.17 bits per heavy atom. The molecule has 12 heteroatoms. The third kappa shape index (κ3) is 7.76. The summed E-state index contributed by atoms with van der Waals surface area (Å²) in [5.74, 6) is 1.23. The predicted octanol–water partition coefficient (Wildman–Crippen LogP) is 5.05. The summed E-state index contributed by atoms with van der Waals surface area (Å²) in [4.78, 5) is 33.2. The maximum absolute atomic E-state index is 12.9. The van der Waals surface area contributed by atoms with E-state index in [4.69, 9.17) is 15.9 Å². The number of aromatic nitrogens is 2. The van der Waals surface area contributed by atoms with E-state index in [2.05, 4.69) is 48.6 Å². The second-order valence-corrected chi connectivity index (χ2v) is 11.6. The smallest absolute Gasteiger partial charge is 0.409 e. The van der Waals surface area contributed by atoms with Gasteiger partial charge in [0, 0.05) is 39.5 Å². The molecular formula is C30H33IN8O3. The lowest BCUT2D eigenvalue weighted by Gasteiger charge is -2.39. The number of fused-ring (bicyclic) bond motifs is 1. The number of nitrogens with two attached hydrogens (primary N) is 1. The molecule has 2 atom stereocenters. The number of rotatable bonds is 8. The number of imidazole rings is 1. The average molecular weight is 681 g/mol. The maximum Gasteiger partial charge on any atom is 0.427 e. The first-order chi connectivity index (χ1) is 20.2. The van der Waals surface area contributed by atoms with Crippen LogP contribution in [0.2, 0.25) is 0 Å². The van der Waals surface area contributed by atoms with Crippen LogP contribution >= 0.6 is 22.6 Å². The summed E-state index contributed by atoms with van der Waals surface area (Å²) < 4.78 is 6.63. The summed E-state index contributed by atoms with van der Waals surface area (Å²) in [6.45, 7) is 2.41. The molecule has 1 aromatic heterocycles. The number of halogens is 1. The highest BCUT2D eigenvalue weighted by molar-refractivity contribution is 14.1. The molecule has 7 N–H and O–H groups in total. The zero-order chi connectivity index (χ0) is 29.6. The second-order valence-electron chi connectivity index (χ2n) is 10.3. The van der Waals surface area contributed by atoms with Crippen molar-refractivity contribution < 1.29 is 14.3 Å². The lowest BCUT2D eigenvalue weighted by molar-refractivity contribution is 0.0664. The Bertz CT molecular complexity index is 1590. The van der Waals surface area contributed by atoms with Gasteiger partial charge in [0.2, 0.25) is 0 Å². The summed E-state index contributed by atoms with van der Waals surface area (Å²) in [6.07, 6.45) is 2.20. The van der Waals surface area contributed by atoms with Crippen LogP contribution in [0.5, 0.6) is 5.75 Å². The lowest BCUT2D eigenvalue weighted by atomic mass is 9.93. The quantitative estimate of drug-likeness (QED) is 0.0868. The molecule has 0 radical (unpaired) electrons. The Morgan fingerprint density at radius 3 is 2.74 bits per heavy atom. The average Bonchev–Trinajstić information content (AvgIpc) is 3.32. The Hall–Kier alpha value is -4.17. The van der Waals surface area contributed by atoms with Crippen molar-refractivity contribution >= 4 is 57.3 Å². The number of nitrogens with one attached hydrogen (secondary N) is 5. The molecule has 0 bridgehead atoms. The molecule has 2 heterocycles. The standard InChI is InChI=1S/C30H33IN8O3/c1-18-34-26-12-11-25(17-27(26)35-18)42-30(41)38-39-14-13-23(37-29(40)36-22-4-2-3-21(31)15-22)16-24(39)10-7-19-5-8-20(9-6-19)28(32)33/h2-6,8-9,11-12,15,17,23-24H,7,10,13-14,16H2,1H3,(H3,32,33)(H,34,35)(H,38,41)(H2,36,37,40). The van der Waals surface area contributed by atoms with Gasteiger partial charge in [0.1, 0.15) is 17.4 Å². The van der Waals surface area contributed by atoms with E-state index in [0.29, 0.717) is 30.7 Å². The number of nitrogen functional groups attached to an aromatic ring is 1. The van der Waals surface area contributed by atoms with Crippen molar-refractivity contribution in [2.45, 2.75) is 44.7 Å². The molecule has 1 aliphatic rings. The molecule has 0 spiro atoms. The number of nitrogens with zero attached hydrogens (tertiary/aromatic N) is 2. The number of urea groups is 1. The van der Waals surface area contributed by atoms with E-state index in [0.717, 1.165) is 44.5 Å². The number of hydrazine groups is 1. The second kappa shape index (κ2) is 13.2.